The number of nitriles is 1. The number of hydrogen-bond donors (Lipinski definition) is 1. The van der Waals surface area contributed by atoms with Crippen molar-refractivity contribution in [3.05, 3.63) is 28.6 Å². The van der Waals surface area contributed by atoms with Crippen LogP contribution in [0.25, 0.3) is 10.1 Å². The van der Waals surface area contributed by atoms with Gasteiger partial charge in [0.05, 0.1) is 12.5 Å². The van der Waals surface area contributed by atoms with Gasteiger partial charge < -0.3 is 5.11 Å². The number of rotatable bonds is 1. The minimum atomic E-state index is 0.235. The molecule has 70 valence electrons. The van der Waals surface area contributed by atoms with E-state index in [0.717, 1.165) is 21.2 Å². The number of phenolic OH excluding ortho intramolecular Hbond substituents is 1. The summed E-state index contributed by atoms with van der Waals surface area (Å²) in [5, 5.41) is 21.5. The number of aromatic hydroxyl groups is 1. The second-order valence-corrected chi connectivity index (χ2v) is 4.11. The largest absolute Gasteiger partial charge is 0.508 e. The molecule has 0 saturated heterocycles. The molecule has 1 N–H and O–H groups in total. The second kappa shape index (κ2) is 3.32. The predicted molar refractivity (Wildman–Crippen MR) is 57.5 cm³/mol. The van der Waals surface area contributed by atoms with Crippen LogP contribution in [0.1, 0.15) is 11.1 Å². The summed E-state index contributed by atoms with van der Waals surface area (Å²) in [5.41, 5.74) is 1.76. The zero-order valence-corrected chi connectivity index (χ0v) is 8.56. The summed E-state index contributed by atoms with van der Waals surface area (Å²) in [6.45, 7) is 1.95. The van der Waals surface area contributed by atoms with Crippen LogP contribution in [-0.2, 0) is 6.42 Å². The molecule has 2 nitrogen and oxygen atoms in total. The average Bonchev–Trinajstić information content (AvgIpc) is 2.60. The van der Waals surface area contributed by atoms with Crippen LogP contribution >= 0.6 is 11.3 Å². The summed E-state index contributed by atoms with van der Waals surface area (Å²) in [6, 6.07) is 5.83. The zero-order chi connectivity index (χ0) is 10.1. The van der Waals surface area contributed by atoms with Gasteiger partial charge in [0.15, 0.2) is 0 Å². The lowest BCUT2D eigenvalue weighted by atomic mass is 10.0. The number of benzene rings is 1. The SMILES string of the molecule is Cc1c(CC#N)c(O)cc2sccc12. The Hall–Kier alpha value is -1.53. The van der Waals surface area contributed by atoms with Crippen molar-refractivity contribution in [3.8, 4) is 11.8 Å². The lowest BCUT2D eigenvalue weighted by molar-refractivity contribution is 0.470. The molecule has 0 aliphatic rings. The van der Waals surface area contributed by atoms with Gasteiger partial charge >= 0.3 is 0 Å². The van der Waals surface area contributed by atoms with Crippen LogP contribution in [0.15, 0.2) is 17.5 Å². The molecule has 3 heteroatoms. The highest BCUT2D eigenvalue weighted by Gasteiger charge is 2.09. The summed E-state index contributed by atoms with van der Waals surface area (Å²) in [4.78, 5) is 0. The molecule has 2 rings (SSSR count). The fourth-order valence-electron chi connectivity index (χ4n) is 1.61. The number of phenols is 1. The highest BCUT2D eigenvalue weighted by atomic mass is 32.1. The molecule has 0 amide bonds. The highest BCUT2D eigenvalue weighted by molar-refractivity contribution is 7.17. The van der Waals surface area contributed by atoms with Crippen molar-refractivity contribution < 1.29 is 5.11 Å². The molecule has 0 aliphatic carbocycles. The highest BCUT2D eigenvalue weighted by Crippen LogP contribution is 2.32. The summed E-state index contributed by atoms with van der Waals surface area (Å²) < 4.78 is 1.07. The lowest BCUT2D eigenvalue weighted by Gasteiger charge is -2.05. The molecule has 1 aromatic heterocycles. The molecule has 0 spiro atoms. The molecule has 0 atom stereocenters. The topological polar surface area (TPSA) is 44.0 Å². The average molecular weight is 203 g/mol. The number of hydrogen-bond acceptors (Lipinski definition) is 3. The van der Waals surface area contributed by atoms with E-state index >= 15 is 0 Å². The molecule has 1 heterocycles. The van der Waals surface area contributed by atoms with Crippen LogP contribution in [0.4, 0.5) is 0 Å². The number of nitrogens with zero attached hydrogens (tertiary/aromatic N) is 1. The predicted octanol–water partition coefficient (Wildman–Crippen LogP) is 2.98. The van der Waals surface area contributed by atoms with Gasteiger partial charge in [0.2, 0.25) is 0 Å². The lowest BCUT2D eigenvalue weighted by Crippen LogP contribution is -1.88. The maximum atomic E-state index is 9.69. The molecule has 0 bridgehead atoms. The third-order valence-electron chi connectivity index (χ3n) is 2.38. The van der Waals surface area contributed by atoms with Crippen molar-refractivity contribution in [1.29, 1.82) is 5.26 Å². The summed E-state index contributed by atoms with van der Waals surface area (Å²) in [7, 11) is 0. The Bertz CT molecular complexity index is 522. The Morgan fingerprint density at radius 2 is 2.36 bits per heavy atom. The third kappa shape index (κ3) is 1.24. The molecule has 0 fully saturated rings. The van der Waals surface area contributed by atoms with Gasteiger partial charge in [-0.15, -0.1) is 11.3 Å². The fourth-order valence-corrected chi connectivity index (χ4v) is 2.49. The van der Waals surface area contributed by atoms with Crippen LogP contribution in [0.2, 0.25) is 0 Å². The van der Waals surface area contributed by atoms with E-state index in [2.05, 4.69) is 6.07 Å². The van der Waals surface area contributed by atoms with Crippen molar-refractivity contribution in [2.75, 3.05) is 0 Å². The minimum Gasteiger partial charge on any atom is -0.508 e. The maximum absolute atomic E-state index is 9.69. The van der Waals surface area contributed by atoms with E-state index in [9.17, 15) is 5.11 Å². The summed E-state index contributed by atoms with van der Waals surface area (Å²) >= 11 is 1.60. The van der Waals surface area contributed by atoms with Crippen molar-refractivity contribution >= 4 is 21.4 Å². The van der Waals surface area contributed by atoms with Gasteiger partial charge in [-0.2, -0.15) is 5.26 Å². The Labute approximate surface area is 86.0 Å². The first-order valence-electron chi connectivity index (χ1n) is 4.29. The second-order valence-electron chi connectivity index (χ2n) is 3.17. The molecule has 1 aromatic carbocycles. The van der Waals surface area contributed by atoms with Crippen molar-refractivity contribution in [2.45, 2.75) is 13.3 Å². The summed E-state index contributed by atoms with van der Waals surface area (Å²) in [5.74, 6) is 0.235. The van der Waals surface area contributed by atoms with Gasteiger partial charge in [-0.1, -0.05) is 0 Å². The van der Waals surface area contributed by atoms with Gasteiger partial charge in [-0.05, 0) is 35.4 Å². The Morgan fingerprint density at radius 1 is 1.57 bits per heavy atom. The van der Waals surface area contributed by atoms with E-state index in [0.29, 0.717) is 0 Å². The van der Waals surface area contributed by atoms with Gasteiger partial charge in [-0.25, -0.2) is 0 Å². The van der Waals surface area contributed by atoms with Crippen molar-refractivity contribution in [2.24, 2.45) is 0 Å². The molecule has 0 aliphatic heterocycles. The Balaban J connectivity index is 2.77. The fraction of sp³-hybridized carbons (Fsp3) is 0.182. The van der Waals surface area contributed by atoms with E-state index in [1.807, 2.05) is 18.4 Å². The molecule has 0 radical (unpaired) electrons. The standard InChI is InChI=1S/C11H9NOS/c1-7-8(2-4-12)10(13)6-11-9(7)3-5-14-11/h3,5-6,13H,2H2,1H3. The smallest absolute Gasteiger partial charge is 0.121 e. The zero-order valence-electron chi connectivity index (χ0n) is 7.74. The Morgan fingerprint density at radius 3 is 3.07 bits per heavy atom. The molecule has 0 saturated carbocycles. The maximum Gasteiger partial charge on any atom is 0.121 e. The van der Waals surface area contributed by atoms with Crippen LogP contribution in [-0.4, -0.2) is 5.11 Å². The summed E-state index contributed by atoms with van der Waals surface area (Å²) in [6.07, 6.45) is 0.267. The molecule has 0 unspecified atom stereocenters. The van der Waals surface area contributed by atoms with E-state index in [4.69, 9.17) is 5.26 Å². The molecule has 14 heavy (non-hydrogen) atoms. The van der Waals surface area contributed by atoms with Gasteiger partial charge in [-0.3, -0.25) is 0 Å². The van der Waals surface area contributed by atoms with E-state index in [1.54, 1.807) is 17.4 Å². The van der Waals surface area contributed by atoms with Gasteiger partial charge in [0, 0.05) is 10.3 Å². The first-order chi connectivity index (χ1) is 6.74. The first kappa shape index (κ1) is 9.04. The third-order valence-corrected chi connectivity index (χ3v) is 3.25. The van der Waals surface area contributed by atoms with Crippen LogP contribution in [0.5, 0.6) is 5.75 Å². The van der Waals surface area contributed by atoms with E-state index in [1.165, 1.54) is 0 Å². The first-order valence-corrected chi connectivity index (χ1v) is 5.17. The molecular weight excluding hydrogens is 194 g/mol. The molecule has 2 aromatic rings. The minimum absolute atomic E-state index is 0.235. The number of aryl methyl sites for hydroxylation is 1. The van der Waals surface area contributed by atoms with E-state index < -0.39 is 0 Å². The van der Waals surface area contributed by atoms with Gasteiger partial charge in [0.1, 0.15) is 5.75 Å². The quantitative estimate of drug-likeness (QED) is 0.774. The number of fused-ring (bicyclic) bond motifs is 1. The van der Waals surface area contributed by atoms with Crippen molar-refractivity contribution in [1.82, 2.24) is 0 Å². The van der Waals surface area contributed by atoms with E-state index in [-0.39, 0.29) is 12.2 Å². The van der Waals surface area contributed by atoms with Crippen LogP contribution in [0, 0.1) is 18.3 Å². The van der Waals surface area contributed by atoms with Crippen molar-refractivity contribution in [3.63, 3.8) is 0 Å². The molecular formula is C11H9NOS. The van der Waals surface area contributed by atoms with Crippen LogP contribution in [0.3, 0.4) is 0 Å². The van der Waals surface area contributed by atoms with Gasteiger partial charge in [0.25, 0.3) is 0 Å². The monoisotopic (exact) mass is 203 g/mol. The Kier molecular flexibility index (Phi) is 2.14. The normalized spacial score (nSPS) is 10.3. The van der Waals surface area contributed by atoms with Crippen LogP contribution < -0.4 is 0 Å². The number of thiophene rings is 1.